The Kier molecular flexibility index (Phi) is 8.57. The van der Waals surface area contributed by atoms with Gasteiger partial charge in [-0.3, -0.25) is 4.79 Å². The first-order valence-electron chi connectivity index (χ1n) is 12.6. The van der Waals surface area contributed by atoms with E-state index in [9.17, 15) is 24.2 Å². The van der Waals surface area contributed by atoms with Gasteiger partial charge in [0.2, 0.25) is 0 Å². The number of carboxylic acid groups (broad SMARTS) is 1. The molecular formula is C27H32FN5O5. The lowest BCUT2D eigenvalue weighted by Gasteiger charge is -2.41. The highest BCUT2D eigenvalue weighted by molar-refractivity contribution is 5.93. The molecule has 1 saturated heterocycles. The van der Waals surface area contributed by atoms with Crippen molar-refractivity contribution in [2.75, 3.05) is 26.2 Å². The van der Waals surface area contributed by atoms with Gasteiger partial charge >= 0.3 is 6.09 Å². The molecule has 0 unspecified atom stereocenters. The number of aromatic nitrogens is 3. The molecule has 0 saturated carbocycles. The molecular weight excluding hydrogens is 493 g/mol. The molecule has 1 fully saturated rings. The van der Waals surface area contributed by atoms with E-state index in [1.54, 1.807) is 29.2 Å². The van der Waals surface area contributed by atoms with E-state index in [4.69, 9.17) is 4.74 Å². The second kappa shape index (κ2) is 12.0. The van der Waals surface area contributed by atoms with Crippen molar-refractivity contribution in [2.45, 2.75) is 32.9 Å². The molecule has 202 valence electrons. The van der Waals surface area contributed by atoms with Crippen LogP contribution in [0, 0.1) is 17.7 Å². The maximum Gasteiger partial charge on any atom is 0.407 e. The predicted molar refractivity (Wildman–Crippen MR) is 137 cm³/mol. The van der Waals surface area contributed by atoms with Crippen LogP contribution in [0.1, 0.15) is 36.5 Å². The Morgan fingerprint density at radius 3 is 2.50 bits per heavy atom. The minimum atomic E-state index is -1.10. The number of carbonyl (C=O) groups is 2. The number of halogens is 1. The molecule has 2 N–H and O–H groups in total. The summed E-state index contributed by atoms with van der Waals surface area (Å²) in [4.78, 5) is 28.6. The number of benzene rings is 2. The Labute approximate surface area is 220 Å². The third-order valence-corrected chi connectivity index (χ3v) is 6.47. The average molecular weight is 526 g/mol. The van der Waals surface area contributed by atoms with Crippen LogP contribution in [-0.2, 0) is 6.61 Å². The van der Waals surface area contributed by atoms with Crippen LogP contribution in [0.2, 0.25) is 0 Å². The first kappa shape index (κ1) is 27.1. The molecule has 2 amide bonds. The van der Waals surface area contributed by atoms with E-state index in [2.05, 4.69) is 10.3 Å². The number of hydrogen-bond donors (Lipinski definition) is 2. The van der Waals surface area contributed by atoms with E-state index >= 15 is 0 Å². The molecule has 0 aliphatic carbocycles. The quantitative estimate of drug-likeness (QED) is 0.439. The van der Waals surface area contributed by atoms with Gasteiger partial charge in [0.1, 0.15) is 29.6 Å². The predicted octanol–water partition coefficient (Wildman–Crippen LogP) is 3.44. The fourth-order valence-corrected chi connectivity index (χ4v) is 4.70. The third-order valence-electron chi connectivity index (χ3n) is 6.47. The fourth-order valence-electron chi connectivity index (χ4n) is 4.70. The highest BCUT2D eigenvalue weighted by Crippen LogP contribution is 2.26. The second-order valence-electron chi connectivity index (χ2n) is 9.83. The van der Waals surface area contributed by atoms with Gasteiger partial charge in [0.25, 0.3) is 5.91 Å². The SMILES string of the molecule is CC(C)CN(C(=O)c1nnn(-c2ccccc2F)c1COc1ccccc1)[C@H]1C[C@@H](CO)CN(C(=O)O)C1. The minimum absolute atomic E-state index is 0.00201. The van der Waals surface area contributed by atoms with Crippen LogP contribution in [0.25, 0.3) is 5.69 Å². The van der Waals surface area contributed by atoms with E-state index in [1.807, 2.05) is 32.0 Å². The number of nitrogens with zero attached hydrogens (tertiary/aromatic N) is 5. The van der Waals surface area contributed by atoms with Crippen molar-refractivity contribution >= 4 is 12.0 Å². The number of ether oxygens (including phenoxy) is 1. The van der Waals surface area contributed by atoms with E-state index in [-0.39, 0.29) is 55.2 Å². The van der Waals surface area contributed by atoms with E-state index in [1.165, 1.54) is 21.7 Å². The van der Waals surface area contributed by atoms with Crippen molar-refractivity contribution in [1.29, 1.82) is 0 Å². The van der Waals surface area contributed by atoms with Gasteiger partial charge in [-0.2, -0.15) is 0 Å². The van der Waals surface area contributed by atoms with Crippen LogP contribution in [0.15, 0.2) is 54.6 Å². The normalized spacial score (nSPS) is 17.4. The topological polar surface area (TPSA) is 121 Å². The van der Waals surface area contributed by atoms with E-state index in [0.717, 1.165) is 0 Å². The van der Waals surface area contributed by atoms with Crippen molar-refractivity contribution in [2.24, 2.45) is 11.8 Å². The molecule has 2 atom stereocenters. The third kappa shape index (κ3) is 6.10. The maximum atomic E-state index is 14.7. The number of piperidine rings is 1. The number of amides is 2. The lowest BCUT2D eigenvalue weighted by molar-refractivity contribution is 0.0316. The summed E-state index contributed by atoms with van der Waals surface area (Å²) in [6.07, 6.45) is -0.664. The molecule has 1 aromatic heterocycles. The van der Waals surface area contributed by atoms with Gasteiger partial charge in [0, 0.05) is 32.2 Å². The molecule has 0 spiro atoms. The van der Waals surface area contributed by atoms with Gasteiger partial charge in [-0.15, -0.1) is 5.10 Å². The maximum absolute atomic E-state index is 14.7. The van der Waals surface area contributed by atoms with E-state index in [0.29, 0.717) is 18.7 Å². The van der Waals surface area contributed by atoms with Crippen LogP contribution in [0.4, 0.5) is 9.18 Å². The Hall–Kier alpha value is -3.99. The zero-order valence-electron chi connectivity index (χ0n) is 21.4. The number of rotatable bonds is 9. The Morgan fingerprint density at radius 2 is 1.84 bits per heavy atom. The largest absolute Gasteiger partial charge is 0.487 e. The van der Waals surface area contributed by atoms with Gasteiger partial charge in [0.15, 0.2) is 5.69 Å². The Morgan fingerprint density at radius 1 is 1.13 bits per heavy atom. The van der Waals surface area contributed by atoms with Gasteiger partial charge in [0.05, 0.1) is 6.04 Å². The van der Waals surface area contributed by atoms with Gasteiger partial charge < -0.3 is 24.7 Å². The van der Waals surface area contributed by atoms with Crippen molar-refractivity contribution in [3.63, 3.8) is 0 Å². The van der Waals surface area contributed by atoms with Crippen molar-refractivity contribution in [3.05, 3.63) is 71.8 Å². The fraction of sp³-hybridized carbons (Fsp3) is 0.407. The summed E-state index contributed by atoms with van der Waals surface area (Å²) >= 11 is 0. The van der Waals surface area contributed by atoms with Gasteiger partial charge in [-0.25, -0.2) is 13.9 Å². The monoisotopic (exact) mass is 525 g/mol. The summed E-state index contributed by atoms with van der Waals surface area (Å²) < 4.78 is 21.9. The molecule has 2 aromatic carbocycles. The smallest absolute Gasteiger partial charge is 0.407 e. The average Bonchev–Trinajstić information content (AvgIpc) is 3.34. The molecule has 11 heteroatoms. The number of aliphatic hydroxyl groups is 1. The van der Waals surface area contributed by atoms with Gasteiger partial charge in [-0.05, 0) is 36.6 Å². The lowest BCUT2D eigenvalue weighted by atomic mass is 9.93. The highest BCUT2D eigenvalue weighted by atomic mass is 19.1. The van der Waals surface area contributed by atoms with Crippen LogP contribution in [0.3, 0.4) is 0 Å². The lowest BCUT2D eigenvalue weighted by Crippen LogP contribution is -2.55. The molecule has 1 aliphatic rings. The molecule has 2 heterocycles. The summed E-state index contributed by atoms with van der Waals surface area (Å²) in [5.41, 5.74) is 0.385. The molecule has 3 aromatic rings. The Balaban J connectivity index is 1.72. The molecule has 10 nitrogen and oxygen atoms in total. The Bertz CT molecular complexity index is 1250. The second-order valence-corrected chi connectivity index (χ2v) is 9.83. The number of carbonyl (C=O) groups excluding carboxylic acids is 1. The molecule has 0 radical (unpaired) electrons. The standard InChI is InChI=1S/C27H32FN5O5/c1-18(2)13-32(20-12-19(16-34)14-31(15-20)27(36)37)26(35)25-24(17-38-21-8-4-3-5-9-21)33(30-29-25)23-11-7-6-10-22(23)28/h3-11,18-20,34H,12-17H2,1-2H3,(H,36,37)/t19-,20+/m1/s1. The van der Waals surface area contributed by atoms with Crippen molar-refractivity contribution < 1.29 is 28.9 Å². The van der Waals surface area contributed by atoms with Crippen LogP contribution >= 0.6 is 0 Å². The molecule has 0 bridgehead atoms. The summed E-state index contributed by atoms with van der Waals surface area (Å²) in [5.74, 6) is -0.672. The summed E-state index contributed by atoms with van der Waals surface area (Å²) in [6.45, 7) is 4.26. The number of para-hydroxylation sites is 2. The zero-order chi connectivity index (χ0) is 27.2. The molecule has 1 aliphatic heterocycles. The summed E-state index contributed by atoms with van der Waals surface area (Å²) in [6, 6.07) is 14.6. The zero-order valence-corrected chi connectivity index (χ0v) is 21.4. The van der Waals surface area contributed by atoms with E-state index < -0.39 is 23.9 Å². The molecule has 38 heavy (non-hydrogen) atoms. The number of hydrogen-bond acceptors (Lipinski definition) is 6. The van der Waals surface area contributed by atoms with Crippen LogP contribution in [0.5, 0.6) is 5.75 Å². The first-order chi connectivity index (χ1) is 18.3. The first-order valence-corrected chi connectivity index (χ1v) is 12.6. The highest BCUT2D eigenvalue weighted by Gasteiger charge is 2.37. The van der Waals surface area contributed by atoms with Crippen LogP contribution in [-0.4, -0.2) is 79.3 Å². The summed E-state index contributed by atoms with van der Waals surface area (Å²) in [7, 11) is 0. The van der Waals surface area contributed by atoms with Crippen molar-refractivity contribution in [3.8, 4) is 11.4 Å². The van der Waals surface area contributed by atoms with Gasteiger partial charge in [-0.1, -0.05) is 49.4 Å². The summed E-state index contributed by atoms with van der Waals surface area (Å²) in [5, 5.41) is 27.7. The van der Waals surface area contributed by atoms with Crippen LogP contribution < -0.4 is 4.74 Å². The number of aliphatic hydroxyl groups excluding tert-OH is 1. The molecule has 4 rings (SSSR count). The number of likely N-dealkylation sites (tertiary alicyclic amines) is 1. The minimum Gasteiger partial charge on any atom is -0.487 e. The van der Waals surface area contributed by atoms with Crippen molar-refractivity contribution in [1.82, 2.24) is 24.8 Å².